The predicted molar refractivity (Wildman–Crippen MR) is 92.1 cm³/mol. The van der Waals surface area contributed by atoms with Gasteiger partial charge in [0.1, 0.15) is 0 Å². The summed E-state index contributed by atoms with van der Waals surface area (Å²) in [4.78, 5) is 24.3. The average molecular weight is 337 g/mol. The Bertz CT molecular complexity index is 822. The average Bonchev–Trinajstić information content (AvgIpc) is 3.28. The smallest absolute Gasteiger partial charge is 0.313 e. The van der Waals surface area contributed by atoms with Crippen LogP contribution in [0, 0.1) is 11.3 Å². The van der Waals surface area contributed by atoms with E-state index in [0.717, 1.165) is 17.6 Å². The van der Waals surface area contributed by atoms with Crippen molar-refractivity contribution in [1.29, 1.82) is 0 Å². The summed E-state index contributed by atoms with van der Waals surface area (Å²) < 4.78 is 10.4. The molecule has 4 rings (SSSR count). The number of cyclic esters (lactones) is 1. The number of hydrogen-bond acceptors (Lipinski definition) is 4. The van der Waals surface area contributed by atoms with E-state index >= 15 is 0 Å². The second-order valence-corrected chi connectivity index (χ2v) is 6.89. The van der Waals surface area contributed by atoms with Gasteiger partial charge in [-0.05, 0) is 49.1 Å². The van der Waals surface area contributed by atoms with Crippen LogP contribution in [-0.4, -0.2) is 18.5 Å². The number of benzene rings is 1. The van der Waals surface area contributed by atoms with Crippen LogP contribution < -0.4 is 5.32 Å². The first-order valence-corrected chi connectivity index (χ1v) is 8.34. The van der Waals surface area contributed by atoms with Crippen molar-refractivity contribution in [3.05, 3.63) is 66.1 Å². The lowest BCUT2D eigenvalue weighted by Gasteiger charge is -2.24. The zero-order chi connectivity index (χ0) is 17.4. The van der Waals surface area contributed by atoms with Gasteiger partial charge in [-0.2, -0.15) is 0 Å². The van der Waals surface area contributed by atoms with Crippen LogP contribution in [0.2, 0.25) is 0 Å². The molecule has 5 heteroatoms. The first-order chi connectivity index (χ1) is 12.1. The largest absolute Gasteiger partial charge is 0.465 e. The summed E-state index contributed by atoms with van der Waals surface area (Å²) in [6.07, 6.45) is 3.67. The minimum Gasteiger partial charge on any atom is -0.465 e. The number of furan rings is 1. The Kier molecular flexibility index (Phi) is 3.71. The van der Waals surface area contributed by atoms with Crippen LogP contribution in [0.25, 0.3) is 0 Å². The Labute approximate surface area is 145 Å². The fraction of sp³-hybridized carbons (Fsp3) is 0.300. The molecule has 0 radical (unpaired) electrons. The highest BCUT2D eigenvalue weighted by atomic mass is 16.5. The van der Waals surface area contributed by atoms with Gasteiger partial charge >= 0.3 is 5.97 Å². The summed E-state index contributed by atoms with van der Waals surface area (Å²) in [5.74, 6) is 0.101. The van der Waals surface area contributed by atoms with Crippen molar-refractivity contribution in [1.82, 2.24) is 0 Å². The SMILES string of the molecule is C=C1CC2COC(=O)C2(Cc2ccc(NC(=O)c3ccco3)cc2)C1. The van der Waals surface area contributed by atoms with E-state index in [2.05, 4.69) is 11.9 Å². The van der Waals surface area contributed by atoms with Gasteiger partial charge in [-0.3, -0.25) is 9.59 Å². The van der Waals surface area contributed by atoms with Crippen LogP contribution in [0.5, 0.6) is 0 Å². The van der Waals surface area contributed by atoms with E-state index in [-0.39, 0.29) is 23.6 Å². The molecule has 1 N–H and O–H groups in total. The monoisotopic (exact) mass is 337 g/mol. The first-order valence-electron chi connectivity index (χ1n) is 8.34. The van der Waals surface area contributed by atoms with E-state index in [1.54, 1.807) is 12.1 Å². The maximum Gasteiger partial charge on any atom is 0.313 e. The fourth-order valence-corrected chi connectivity index (χ4v) is 3.93. The number of carbonyl (C=O) groups excluding carboxylic acids is 2. The third-order valence-electron chi connectivity index (χ3n) is 5.18. The van der Waals surface area contributed by atoms with Gasteiger partial charge < -0.3 is 14.5 Å². The third-order valence-corrected chi connectivity index (χ3v) is 5.18. The lowest BCUT2D eigenvalue weighted by molar-refractivity contribution is -0.146. The summed E-state index contributed by atoms with van der Waals surface area (Å²) in [6, 6.07) is 10.8. The Hall–Kier alpha value is -2.82. The van der Waals surface area contributed by atoms with Crippen LogP contribution in [0.1, 0.15) is 29.0 Å². The second-order valence-electron chi connectivity index (χ2n) is 6.89. The second kappa shape index (κ2) is 5.92. The van der Waals surface area contributed by atoms with Crippen molar-refractivity contribution in [2.45, 2.75) is 19.3 Å². The summed E-state index contributed by atoms with van der Waals surface area (Å²) in [5.41, 5.74) is 2.40. The van der Waals surface area contributed by atoms with Gasteiger partial charge in [0, 0.05) is 11.6 Å². The molecule has 2 aliphatic rings. The highest BCUT2D eigenvalue weighted by Crippen LogP contribution is 2.52. The van der Waals surface area contributed by atoms with Crippen molar-refractivity contribution >= 4 is 17.6 Å². The number of ether oxygens (including phenoxy) is 1. The molecule has 1 saturated heterocycles. The number of amides is 1. The molecule has 1 aromatic carbocycles. The summed E-state index contributed by atoms with van der Waals surface area (Å²) in [5, 5.41) is 2.79. The lowest BCUT2D eigenvalue weighted by atomic mass is 9.75. The number of rotatable bonds is 4. The van der Waals surface area contributed by atoms with Gasteiger partial charge in [0.2, 0.25) is 0 Å². The number of anilines is 1. The van der Waals surface area contributed by atoms with Crippen molar-refractivity contribution in [3.8, 4) is 0 Å². The molecule has 1 aromatic heterocycles. The Morgan fingerprint density at radius 2 is 2.08 bits per heavy atom. The molecule has 1 aliphatic carbocycles. The molecule has 0 spiro atoms. The number of nitrogens with one attached hydrogen (secondary N) is 1. The summed E-state index contributed by atoms with van der Waals surface area (Å²) in [7, 11) is 0. The highest BCUT2D eigenvalue weighted by Gasteiger charge is 2.55. The number of esters is 1. The maximum absolute atomic E-state index is 12.3. The van der Waals surface area contributed by atoms with Crippen LogP contribution in [0.4, 0.5) is 5.69 Å². The molecule has 1 aliphatic heterocycles. The van der Waals surface area contributed by atoms with E-state index in [9.17, 15) is 9.59 Å². The van der Waals surface area contributed by atoms with Crippen molar-refractivity contribution < 1.29 is 18.7 Å². The molecular weight excluding hydrogens is 318 g/mol. The lowest BCUT2D eigenvalue weighted by Crippen LogP contribution is -2.31. The van der Waals surface area contributed by atoms with Gasteiger partial charge in [-0.15, -0.1) is 0 Å². The Morgan fingerprint density at radius 1 is 1.28 bits per heavy atom. The molecule has 2 aromatic rings. The predicted octanol–water partition coefficient (Wildman–Crippen LogP) is 3.58. The minimum absolute atomic E-state index is 0.105. The van der Waals surface area contributed by atoms with Crippen LogP contribution in [0.15, 0.2) is 59.2 Å². The topological polar surface area (TPSA) is 68.5 Å². The van der Waals surface area contributed by atoms with Crippen molar-refractivity contribution in [3.63, 3.8) is 0 Å². The number of allylic oxidation sites excluding steroid dienone is 1. The summed E-state index contributed by atoms with van der Waals surface area (Å²) >= 11 is 0. The fourth-order valence-electron chi connectivity index (χ4n) is 3.93. The van der Waals surface area contributed by atoms with E-state index in [1.165, 1.54) is 6.26 Å². The molecule has 1 saturated carbocycles. The quantitative estimate of drug-likeness (QED) is 0.684. The zero-order valence-corrected chi connectivity index (χ0v) is 13.8. The number of carbonyl (C=O) groups is 2. The molecule has 128 valence electrons. The maximum atomic E-state index is 12.3. The molecule has 2 unspecified atom stereocenters. The molecule has 2 heterocycles. The molecule has 0 bridgehead atoms. The third kappa shape index (κ3) is 2.76. The van der Waals surface area contributed by atoms with E-state index in [0.29, 0.717) is 25.1 Å². The molecule has 2 fully saturated rings. The Balaban J connectivity index is 1.48. The number of hydrogen-bond donors (Lipinski definition) is 1. The standard InChI is InChI=1S/C20H19NO4/c1-13-9-15-12-25-19(23)20(15,10-13)11-14-4-6-16(7-5-14)21-18(22)17-3-2-8-24-17/h2-8,15H,1,9-12H2,(H,21,22). The van der Waals surface area contributed by atoms with E-state index in [4.69, 9.17) is 9.15 Å². The Morgan fingerprint density at radius 3 is 2.80 bits per heavy atom. The van der Waals surface area contributed by atoms with Gasteiger partial charge in [-0.1, -0.05) is 24.3 Å². The number of fused-ring (bicyclic) bond motifs is 1. The normalized spacial score (nSPS) is 24.9. The molecular formula is C20H19NO4. The first kappa shape index (κ1) is 15.7. The van der Waals surface area contributed by atoms with E-state index in [1.807, 2.05) is 24.3 Å². The van der Waals surface area contributed by atoms with E-state index < -0.39 is 5.41 Å². The van der Waals surface area contributed by atoms with Crippen LogP contribution >= 0.6 is 0 Å². The molecule has 25 heavy (non-hydrogen) atoms. The zero-order valence-electron chi connectivity index (χ0n) is 13.8. The molecule has 1 amide bonds. The van der Waals surface area contributed by atoms with Crippen LogP contribution in [-0.2, 0) is 16.0 Å². The highest BCUT2D eigenvalue weighted by molar-refractivity contribution is 6.02. The van der Waals surface area contributed by atoms with Crippen molar-refractivity contribution in [2.75, 3.05) is 11.9 Å². The van der Waals surface area contributed by atoms with Gasteiger partial charge in [0.05, 0.1) is 18.3 Å². The van der Waals surface area contributed by atoms with Gasteiger partial charge in [-0.25, -0.2) is 0 Å². The van der Waals surface area contributed by atoms with Gasteiger partial charge in [0.15, 0.2) is 5.76 Å². The van der Waals surface area contributed by atoms with Crippen LogP contribution in [0.3, 0.4) is 0 Å². The summed E-state index contributed by atoms with van der Waals surface area (Å²) in [6.45, 7) is 4.56. The molecule has 5 nitrogen and oxygen atoms in total. The minimum atomic E-state index is -0.462. The van der Waals surface area contributed by atoms with Crippen molar-refractivity contribution in [2.24, 2.45) is 11.3 Å². The molecule has 2 atom stereocenters. The van der Waals surface area contributed by atoms with Gasteiger partial charge in [0.25, 0.3) is 5.91 Å².